The van der Waals surface area contributed by atoms with Crippen LogP contribution in [-0.4, -0.2) is 62.6 Å². The van der Waals surface area contributed by atoms with E-state index in [2.05, 4.69) is 10.4 Å². The molecule has 5 fully saturated rings. The summed E-state index contributed by atoms with van der Waals surface area (Å²) in [6.45, 7) is 4.57. The van der Waals surface area contributed by atoms with Crippen LogP contribution in [0.3, 0.4) is 0 Å². The van der Waals surface area contributed by atoms with E-state index in [1.54, 1.807) is 15.8 Å². The van der Waals surface area contributed by atoms with Gasteiger partial charge in [0.2, 0.25) is 0 Å². The molecule has 3 aromatic rings. The van der Waals surface area contributed by atoms with E-state index in [9.17, 15) is 9.59 Å². The van der Waals surface area contributed by atoms with E-state index in [-0.39, 0.29) is 17.2 Å². The van der Waals surface area contributed by atoms with Crippen molar-refractivity contribution in [3.8, 4) is 5.69 Å². The van der Waals surface area contributed by atoms with Gasteiger partial charge in [-0.3, -0.25) is 14.3 Å². The maximum absolute atomic E-state index is 14.1. The predicted octanol–water partition coefficient (Wildman–Crippen LogP) is 4.28. The number of amides is 2. The Morgan fingerprint density at radius 3 is 2.33 bits per heavy atom. The standard InChI is InChI=1S/C30H36N6O3/c1-2-35-26(29(38)34-8-10-39-11-9-34)25(18-31-35)32-28(37)24-19-36(23-6-4-3-5-7-23)33-27(24)30-15-20-12-21(16-30)14-22(13-20)17-30/h3-7,18-22H,2,8-17H2,1H3,(H,32,37). The van der Waals surface area contributed by atoms with Crippen molar-refractivity contribution in [3.63, 3.8) is 0 Å². The van der Waals surface area contributed by atoms with E-state index in [1.807, 2.05) is 48.1 Å². The number of carbonyl (C=O) groups excluding carboxylic acids is 2. The average Bonchev–Trinajstić information content (AvgIpc) is 3.58. The van der Waals surface area contributed by atoms with Crippen molar-refractivity contribution < 1.29 is 14.3 Å². The van der Waals surface area contributed by atoms with Gasteiger partial charge < -0.3 is 15.0 Å². The quantitative estimate of drug-likeness (QED) is 0.515. The number of carbonyl (C=O) groups is 2. The van der Waals surface area contributed by atoms with E-state index < -0.39 is 0 Å². The van der Waals surface area contributed by atoms with Crippen molar-refractivity contribution in [1.82, 2.24) is 24.5 Å². The fraction of sp³-hybridized carbons (Fsp3) is 0.533. The Bertz CT molecular complexity index is 1350. The van der Waals surface area contributed by atoms with E-state index in [0.29, 0.717) is 49.8 Å². The zero-order valence-electron chi connectivity index (χ0n) is 22.5. The van der Waals surface area contributed by atoms with Crippen molar-refractivity contribution >= 4 is 17.5 Å². The first-order valence-corrected chi connectivity index (χ1v) is 14.4. The van der Waals surface area contributed by atoms with Crippen molar-refractivity contribution in [1.29, 1.82) is 0 Å². The lowest BCUT2D eigenvalue weighted by Crippen LogP contribution is -2.49. The number of ether oxygens (including phenoxy) is 1. The summed E-state index contributed by atoms with van der Waals surface area (Å²) < 4.78 is 8.96. The van der Waals surface area contributed by atoms with E-state index in [4.69, 9.17) is 9.84 Å². The highest BCUT2D eigenvalue weighted by molar-refractivity contribution is 6.09. The number of rotatable bonds is 6. The normalized spacial score (nSPS) is 27.6. The zero-order chi connectivity index (χ0) is 26.6. The van der Waals surface area contributed by atoms with Crippen LogP contribution in [0.2, 0.25) is 0 Å². The number of nitrogens with zero attached hydrogens (tertiary/aromatic N) is 5. The molecular weight excluding hydrogens is 492 g/mol. The lowest BCUT2D eigenvalue weighted by atomic mass is 9.48. The van der Waals surface area contributed by atoms with Gasteiger partial charge in [0, 0.05) is 31.2 Å². The number of benzene rings is 1. The van der Waals surface area contributed by atoms with Gasteiger partial charge in [-0.1, -0.05) is 18.2 Å². The summed E-state index contributed by atoms with van der Waals surface area (Å²) in [4.78, 5) is 29.4. The van der Waals surface area contributed by atoms with Gasteiger partial charge in [-0.05, 0) is 75.3 Å². The molecule has 4 bridgehead atoms. The highest BCUT2D eigenvalue weighted by atomic mass is 16.5. The summed E-state index contributed by atoms with van der Waals surface area (Å²) in [5, 5.41) is 12.6. The van der Waals surface area contributed by atoms with E-state index in [0.717, 1.165) is 48.4 Å². The topological polar surface area (TPSA) is 94.3 Å². The van der Waals surface area contributed by atoms with Gasteiger partial charge in [0.25, 0.3) is 11.8 Å². The van der Waals surface area contributed by atoms with Crippen LogP contribution in [0.15, 0.2) is 42.7 Å². The Kier molecular flexibility index (Phi) is 6.06. The molecule has 0 radical (unpaired) electrons. The van der Waals surface area contributed by atoms with Crippen LogP contribution in [0.5, 0.6) is 0 Å². The molecule has 5 aliphatic rings. The monoisotopic (exact) mass is 528 g/mol. The molecule has 204 valence electrons. The number of para-hydroxylation sites is 1. The fourth-order valence-corrected chi connectivity index (χ4v) is 8.09. The second-order valence-corrected chi connectivity index (χ2v) is 12.0. The maximum Gasteiger partial charge on any atom is 0.274 e. The minimum Gasteiger partial charge on any atom is -0.378 e. The molecule has 0 atom stereocenters. The predicted molar refractivity (Wildman–Crippen MR) is 146 cm³/mol. The Labute approximate surface area is 228 Å². The van der Waals surface area contributed by atoms with Crippen LogP contribution >= 0.6 is 0 Å². The number of aromatic nitrogens is 4. The summed E-state index contributed by atoms with van der Waals surface area (Å²) in [6, 6.07) is 10.00. The molecule has 9 heteroatoms. The number of hydrogen-bond acceptors (Lipinski definition) is 5. The largest absolute Gasteiger partial charge is 0.378 e. The highest BCUT2D eigenvalue weighted by Gasteiger charge is 2.54. The highest BCUT2D eigenvalue weighted by Crippen LogP contribution is 2.61. The number of anilines is 1. The SMILES string of the molecule is CCn1ncc(NC(=O)c2cn(-c3ccccc3)nc2C23CC4CC(CC(C4)C2)C3)c1C(=O)N1CCOCC1. The third-order valence-electron chi connectivity index (χ3n) is 9.41. The number of nitrogens with one attached hydrogen (secondary N) is 1. The minimum atomic E-state index is -0.227. The van der Waals surface area contributed by atoms with Gasteiger partial charge in [-0.2, -0.15) is 10.2 Å². The van der Waals surface area contributed by atoms with Gasteiger partial charge in [-0.25, -0.2) is 4.68 Å². The van der Waals surface area contributed by atoms with Crippen molar-refractivity contribution in [2.45, 2.75) is 57.4 Å². The molecule has 3 heterocycles. The molecule has 0 unspecified atom stereocenters. The molecule has 2 aromatic heterocycles. The molecule has 4 saturated carbocycles. The fourth-order valence-electron chi connectivity index (χ4n) is 8.09. The lowest BCUT2D eigenvalue weighted by molar-refractivity contribution is -0.00765. The van der Waals surface area contributed by atoms with E-state index in [1.165, 1.54) is 19.3 Å². The third kappa shape index (κ3) is 4.27. The van der Waals surface area contributed by atoms with Gasteiger partial charge in [-0.15, -0.1) is 0 Å². The van der Waals surface area contributed by atoms with Crippen LogP contribution in [0.1, 0.15) is 72.0 Å². The second kappa shape index (κ2) is 9.62. The molecule has 1 aliphatic heterocycles. The number of aryl methyl sites for hydroxylation is 1. The first-order chi connectivity index (χ1) is 19.0. The first kappa shape index (κ1) is 24.6. The maximum atomic E-state index is 14.1. The van der Waals surface area contributed by atoms with Crippen molar-refractivity contribution in [2.75, 3.05) is 31.6 Å². The zero-order valence-corrected chi connectivity index (χ0v) is 22.5. The lowest BCUT2D eigenvalue weighted by Gasteiger charge is -2.56. The van der Waals surface area contributed by atoms with Crippen molar-refractivity contribution in [2.24, 2.45) is 17.8 Å². The summed E-state index contributed by atoms with van der Waals surface area (Å²) in [6.07, 6.45) is 10.8. The molecule has 39 heavy (non-hydrogen) atoms. The Hall–Kier alpha value is -3.46. The van der Waals surface area contributed by atoms with Crippen LogP contribution in [0.25, 0.3) is 5.69 Å². The molecule has 1 aromatic carbocycles. The van der Waals surface area contributed by atoms with Gasteiger partial charge in [0.15, 0.2) is 0 Å². The van der Waals surface area contributed by atoms with Crippen LogP contribution in [-0.2, 0) is 16.7 Å². The van der Waals surface area contributed by atoms with Gasteiger partial charge in [0.1, 0.15) is 5.69 Å². The van der Waals surface area contributed by atoms with Crippen LogP contribution in [0, 0.1) is 17.8 Å². The molecular formula is C30H36N6O3. The van der Waals surface area contributed by atoms with E-state index >= 15 is 0 Å². The number of hydrogen-bond donors (Lipinski definition) is 1. The Morgan fingerprint density at radius 2 is 1.69 bits per heavy atom. The molecule has 4 aliphatic carbocycles. The minimum absolute atomic E-state index is 0.0541. The van der Waals surface area contributed by atoms with Crippen molar-refractivity contribution in [3.05, 3.63) is 59.7 Å². The Morgan fingerprint density at radius 1 is 1.03 bits per heavy atom. The second-order valence-electron chi connectivity index (χ2n) is 12.0. The summed E-state index contributed by atoms with van der Waals surface area (Å²) in [5.41, 5.74) is 3.27. The molecule has 0 spiro atoms. The van der Waals surface area contributed by atoms with Crippen LogP contribution in [0.4, 0.5) is 5.69 Å². The Balaban J connectivity index is 1.25. The molecule has 1 saturated heterocycles. The average molecular weight is 529 g/mol. The first-order valence-electron chi connectivity index (χ1n) is 14.4. The van der Waals surface area contributed by atoms with Crippen LogP contribution < -0.4 is 5.32 Å². The number of morpholine rings is 1. The van der Waals surface area contributed by atoms with Gasteiger partial charge in [0.05, 0.1) is 42.0 Å². The summed E-state index contributed by atoms with van der Waals surface area (Å²) in [7, 11) is 0. The third-order valence-corrected chi connectivity index (χ3v) is 9.41. The van der Waals surface area contributed by atoms with Gasteiger partial charge >= 0.3 is 0 Å². The smallest absolute Gasteiger partial charge is 0.274 e. The molecule has 2 amide bonds. The summed E-state index contributed by atoms with van der Waals surface area (Å²) >= 11 is 0. The molecule has 8 rings (SSSR count). The molecule has 9 nitrogen and oxygen atoms in total. The molecule has 1 N–H and O–H groups in total. The summed E-state index contributed by atoms with van der Waals surface area (Å²) in [5.74, 6) is 1.84.